The Morgan fingerprint density at radius 2 is 2.11 bits per heavy atom. The van der Waals surface area contributed by atoms with Gasteiger partial charge in [-0.1, -0.05) is 6.07 Å². The standard InChI is InChI=1S/C14H16FNO2/c15-12-3-1-2-11(8-12)14(17)18-13-9-16-6-4-10(13)5-7-16/h1-3,8,10,13H,4-7,9H2/t13-/m1/s1. The second kappa shape index (κ2) is 4.69. The van der Waals surface area contributed by atoms with Gasteiger partial charge in [-0.05, 0) is 50.0 Å². The second-order valence-corrected chi connectivity index (χ2v) is 5.09. The summed E-state index contributed by atoms with van der Waals surface area (Å²) in [5.41, 5.74) is 0.298. The first kappa shape index (κ1) is 11.7. The highest BCUT2D eigenvalue weighted by molar-refractivity contribution is 5.89. The zero-order valence-corrected chi connectivity index (χ0v) is 10.1. The van der Waals surface area contributed by atoms with E-state index in [9.17, 15) is 9.18 Å². The van der Waals surface area contributed by atoms with Crippen molar-refractivity contribution in [3.05, 3.63) is 35.6 Å². The highest BCUT2D eigenvalue weighted by Crippen LogP contribution is 2.30. The minimum atomic E-state index is -0.409. The number of esters is 1. The van der Waals surface area contributed by atoms with E-state index in [1.807, 2.05) is 0 Å². The molecule has 3 heterocycles. The third-order valence-corrected chi connectivity index (χ3v) is 3.91. The molecule has 1 atom stereocenters. The lowest BCUT2D eigenvalue weighted by molar-refractivity contribution is -0.0456. The summed E-state index contributed by atoms with van der Waals surface area (Å²) < 4.78 is 18.6. The number of hydrogen-bond donors (Lipinski definition) is 0. The number of benzene rings is 1. The number of fused-ring (bicyclic) bond motifs is 3. The number of carbonyl (C=O) groups excluding carboxylic acids is 1. The van der Waals surface area contributed by atoms with Crippen LogP contribution >= 0.6 is 0 Å². The van der Waals surface area contributed by atoms with E-state index in [0.29, 0.717) is 11.5 Å². The summed E-state index contributed by atoms with van der Waals surface area (Å²) >= 11 is 0. The van der Waals surface area contributed by atoms with E-state index in [0.717, 1.165) is 32.5 Å². The fraction of sp³-hybridized carbons (Fsp3) is 0.500. The molecule has 1 aromatic carbocycles. The van der Waals surface area contributed by atoms with Gasteiger partial charge in [-0.15, -0.1) is 0 Å². The number of nitrogens with zero attached hydrogens (tertiary/aromatic N) is 1. The molecule has 0 amide bonds. The van der Waals surface area contributed by atoms with E-state index in [1.165, 1.54) is 18.2 Å². The van der Waals surface area contributed by atoms with Crippen molar-refractivity contribution in [1.29, 1.82) is 0 Å². The van der Waals surface area contributed by atoms with Crippen molar-refractivity contribution in [1.82, 2.24) is 4.90 Å². The van der Waals surface area contributed by atoms with E-state index in [-0.39, 0.29) is 6.10 Å². The first-order valence-corrected chi connectivity index (χ1v) is 6.41. The Morgan fingerprint density at radius 3 is 2.72 bits per heavy atom. The fourth-order valence-corrected chi connectivity index (χ4v) is 2.87. The van der Waals surface area contributed by atoms with Crippen molar-refractivity contribution in [2.24, 2.45) is 5.92 Å². The van der Waals surface area contributed by atoms with Crippen LogP contribution < -0.4 is 0 Å². The number of carbonyl (C=O) groups is 1. The van der Waals surface area contributed by atoms with Crippen LogP contribution in [0, 0.1) is 11.7 Å². The molecule has 0 aromatic heterocycles. The summed E-state index contributed by atoms with van der Waals surface area (Å²) in [6, 6.07) is 5.67. The second-order valence-electron chi connectivity index (χ2n) is 5.09. The van der Waals surface area contributed by atoms with Crippen molar-refractivity contribution < 1.29 is 13.9 Å². The average Bonchev–Trinajstić information content (AvgIpc) is 2.40. The molecule has 3 aliphatic heterocycles. The zero-order chi connectivity index (χ0) is 12.5. The minimum Gasteiger partial charge on any atom is -0.457 e. The molecule has 0 spiro atoms. The van der Waals surface area contributed by atoms with E-state index in [2.05, 4.69) is 4.90 Å². The maximum Gasteiger partial charge on any atom is 0.338 e. The summed E-state index contributed by atoms with van der Waals surface area (Å²) in [6.45, 7) is 3.04. The summed E-state index contributed by atoms with van der Waals surface area (Å²) in [4.78, 5) is 14.3. The van der Waals surface area contributed by atoms with E-state index in [4.69, 9.17) is 4.74 Å². The molecule has 0 saturated carbocycles. The van der Waals surface area contributed by atoms with Crippen molar-refractivity contribution >= 4 is 5.97 Å². The SMILES string of the molecule is O=C(O[C@@H]1CN2CCC1CC2)c1cccc(F)c1. The van der Waals surface area contributed by atoms with Gasteiger partial charge >= 0.3 is 5.97 Å². The Hall–Kier alpha value is -1.42. The molecule has 0 unspecified atom stereocenters. The van der Waals surface area contributed by atoms with Gasteiger partial charge in [0.15, 0.2) is 0 Å². The normalized spacial score (nSPS) is 30.2. The quantitative estimate of drug-likeness (QED) is 0.751. The van der Waals surface area contributed by atoms with Crippen LogP contribution in [0.4, 0.5) is 4.39 Å². The Bertz CT molecular complexity index is 455. The zero-order valence-electron chi connectivity index (χ0n) is 10.1. The summed E-state index contributed by atoms with van der Waals surface area (Å²) in [7, 11) is 0. The molecule has 2 bridgehead atoms. The van der Waals surface area contributed by atoms with Gasteiger partial charge in [-0.3, -0.25) is 4.90 Å². The van der Waals surface area contributed by atoms with Crippen LogP contribution in [0.2, 0.25) is 0 Å². The summed E-state index contributed by atoms with van der Waals surface area (Å²) in [5, 5.41) is 0. The van der Waals surface area contributed by atoms with Gasteiger partial charge in [-0.2, -0.15) is 0 Å². The first-order valence-electron chi connectivity index (χ1n) is 6.41. The lowest BCUT2D eigenvalue weighted by Gasteiger charge is -2.43. The largest absolute Gasteiger partial charge is 0.457 e. The molecule has 96 valence electrons. The average molecular weight is 249 g/mol. The van der Waals surface area contributed by atoms with Crippen LogP contribution in [0.25, 0.3) is 0 Å². The van der Waals surface area contributed by atoms with Crippen molar-refractivity contribution in [2.45, 2.75) is 18.9 Å². The number of hydrogen-bond acceptors (Lipinski definition) is 3. The molecule has 0 aliphatic carbocycles. The Balaban J connectivity index is 1.68. The Kier molecular flexibility index (Phi) is 3.04. The molecule has 3 aliphatic rings. The molecule has 4 heteroatoms. The lowest BCUT2D eigenvalue weighted by atomic mass is 9.86. The first-order chi connectivity index (χ1) is 8.72. The summed E-state index contributed by atoms with van der Waals surface area (Å²) in [5.74, 6) is -0.334. The monoisotopic (exact) mass is 249 g/mol. The van der Waals surface area contributed by atoms with Crippen molar-refractivity contribution in [3.8, 4) is 0 Å². The minimum absolute atomic E-state index is 0.0248. The van der Waals surface area contributed by atoms with Gasteiger partial charge in [0.2, 0.25) is 0 Å². The molecule has 4 rings (SSSR count). The highest BCUT2D eigenvalue weighted by Gasteiger charge is 2.36. The molecule has 1 aromatic rings. The number of piperidine rings is 3. The van der Waals surface area contributed by atoms with Crippen LogP contribution in [-0.2, 0) is 4.74 Å². The van der Waals surface area contributed by atoms with Crippen LogP contribution in [0.15, 0.2) is 24.3 Å². The number of ether oxygens (including phenoxy) is 1. The Labute approximate surface area is 106 Å². The number of halogens is 1. The number of rotatable bonds is 2. The van der Waals surface area contributed by atoms with E-state index >= 15 is 0 Å². The Morgan fingerprint density at radius 1 is 1.33 bits per heavy atom. The van der Waals surface area contributed by atoms with Crippen molar-refractivity contribution in [3.63, 3.8) is 0 Å². The van der Waals surface area contributed by atoms with E-state index < -0.39 is 11.8 Å². The molecule has 3 saturated heterocycles. The third kappa shape index (κ3) is 2.25. The third-order valence-electron chi connectivity index (χ3n) is 3.91. The van der Waals surface area contributed by atoms with Crippen LogP contribution in [0.5, 0.6) is 0 Å². The van der Waals surface area contributed by atoms with Gasteiger partial charge in [0, 0.05) is 6.54 Å². The molecule has 0 N–H and O–H groups in total. The van der Waals surface area contributed by atoms with Gasteiger partial charge in [0.1, 0.15) is 11.9 Å². The van der Waals surface area contributed by atoms with Gasteiger partial charge in [0.05, 0.1) is 5.56 Å². The molecule has 18 heavy (non-hydrogen) atoms. The molecule has 3 fully saturated rings. The molecular formula is C14H16FNO2. The van der Waals surface area contributed by atoms with Crippen molar-refractivity contribution in [2.75, 3.05) is 19.6 Å². The summed E-state index contributed by atoms with van der Waals surface area (Å²) in [6.07, 6.45) is 2.17. The maximum absolute atomic E-state index is 13.0. The maximum atomic E-state index is 13.0. The lowest BCUT2D eigenvalue weighted by Crippen LogP contribution is -2.51. The van der Waals surface area contributed by atoms with Gasteiger partial charge in [0.25, 0.3) is 0 Å². The van der Waals surface area contributed by atoms with Gasteiger partial charge in [-0.25, -0.2) is 9.18 Å². The fourth-order valence-electron chi connectivity index (χ4n) is 2.87. The highest BCUT2D eigenvalue weighted by atomic mass is 19.1. The van der Waals surface area contributed by atoms with Crippen LogP contribution in [0.3, 0.4) is 0 Å². The predicted molar refractivity (Wildman–Crippen MR) is 64.8 cm³/mol. The molecule has 0 radical (unpaired) electrons. The van der Waals surface area contributed by atoms with Crippen LogP contribution in [0.1, 0.15) is 23.2 Å². The molecular weight excluding hydrogens is 233 g/mol. The predicted octanol–water partition coefficient (Wildman–Crippen LogP) is 2.08. The van der Waals surface area contributed by atoms with Gasteiger partial charge < -0.3 is 4.74 Å². The topological polar surface area (TPSA) is 29.5 Å². The van der Waals surface area contributed by atoms with E-state index in [1.54, 1.807) is 6.07 Å². The van der Waals surface area contributed by atoms with Crippen LogP contribution in [-0.4, -0.2) is 36.6 Å². The molecule has 3 nitrogen and oxygen atoms in total. The smallest absolute Gasteiger partial charge is 0.338 e.